The smallest absolute Gasteiger partial charge is 0.326 e. The minimum absolute atomic E-state index is 0.0282. The molecule has 3 aromatic rings. The van der Waals surface area contributed by atoms with Crippen LogP contribution in [-0.4, -0.2) is 60.8 Å². The summed E-state index contributed by atoms with van der Waals surface area (Å²) in [7, 11) is -3.56. The van der Waals surface area contributed by atoms with Gasteiger partial charge in [0.2, 0.25) is 0 Å². The third-order valence-corrected chi connectivity index (χ3v) is 7.44. The average Bonchev–Trinajstić information content (AvgIpc) is 3.29. The number of quaternary nitrogens is 1. The molecule has 0 bridgehead atoms. The number of aliphatic hydroxyl groups is 1. The third-order valence-electron chi connectivity index (χ3n) is 6.28. The number of hydrogen-bond donors (Lipinski definition) is 6. The molecular formula is C26H30FN5O6S. The van der Waals surface area contributed by atoms with Crippen molar-refractivity contribution in [3.63, 3.8) is 0 Å². The molecule has 0 spiro atoms. The predicted molar refractivity (Wildman–Crippen MR) is 144 cm³/mol. The number of urea groups is 1. The number of aliphatic hydroxyl groups excluding tert-OH is 1. The lowest BCUT2D eigenvalue weighted by molar-refractivity contribution is -0.863. The molecule has 1 fully saturated rings. The third kappa shape index (κ3) is 6.82. The number of phenolic OH excluding ortho intramolecular Hbond substituents is 1. The number of nitrogens with one attached hydrogen (secondary N) is 4. The Morgan fingerprint density at radius 3 is 2.49 bits per heavy atom. The van der Waals surface area contributed by atoms with Crippen LogP contribution in [0, 0.1) is 11.0 Å². The number of phenols is 1. The van der Waals surface area contributed by atoms with Crippen LogP contribution in [0.25, 0.3) is 11.1 Å². The van der Waals surface area contributed by atoms with E-state index in [2.05, 4.69) is 16.1 Å². The number of benzene rings is 3. The van der Waals surface area contributed by atoms with Crippen molar-refractivity contribution in [1.82, 2.24) is 10.2 Å². The summed E-state index contributed by atoms with van der Waals surface area (Å²) in [5.41, 5.74) is 3.45. The molecule has 1 aliphatic rings. The number of amides is 2. The normalized spacial score (nSPS) is 18.9. The largest absolute Gasteiger partial charge is 0.606 e. The van der Waals surface area contributed by atoms with Crippen LogP contribution in [0.2, 0.25) is 0 Å². The zero-order chi connectivity index (χ0) is 28.3. The Morgan fingerprint density at radius 2 is 1.85 bits per heavy atom. The van der Waals surface area contributed by atoms with Crippen LogP contribution in [0.1, 0.15) is 13.3 Å². The Hall–Kier alpha value is -3.75. The highest BCUT2D eigenvalue weighted by Crippen LogP contribution is 2.29. The molecule has 2 unspecified atom stereocenters. The van der Waals surface area contributed by atoms with Gasteiger partial charge in [0.05, 0.1) is 4.90 Å². The van der Waals surface area contributed by atoms with E-state index in [-0.39, 0.29) is 29.3 Å². The van der Waals surface area contributed by atoms with E-state index in [1.54, 1.807) is 18.2 Å². The molecule has 11 nitrogen and oxygen atoms in total. The van der Waals surface area contributed by atoms with Crippen LogP contribution in [0.15, 0.2) is 71.6 Å². The van der Waals surface area contributed by atoms with E-state index in [1.165, 1.54) is 54.3 Å². The number of rotatable bonds is 8. The van der Waals surface area contributed by atoms with Crippen LogP contribution in [-0.2, 0) is 9.84 Å². The lowest BCUT2D eigenvalue weighted by Crippen LogP contribution is -3.16. The van der Waals surface area contributed by atoms with Crippen LogP contribution < -0.4 is 21.2 Å². The van der Waals surface area contributed by atoms with Crippen molar-refractivity contribution >= 4 is 27.2 Å². The molecule has 1 aliphatic heterocycles. The molecule has 13 heteroatoms. The number of anilines is 2. The Kier molecular flexibility index (Phi) is 8.37. The molecule has 0 aliphatic carbocycles. The van der Waals surface area contributed by atoms with E-state index in [0.29, 0.717) is 16.8 Å². The van der Waals surface area contributed by atoms with Gasteiger partial charge in [-0.1, -0.05) is 24.3 Å². The van der Waals surface area contributed by atoms with Crippen molar-refractivity contribution < 1.29 is 33.0 Å². The van der Waals surface area contributed by atoms with Crippen LogP contribution in [0.5, 0.6) is 5.75 Å². The van der Waals surface area contributed by atoms with Gasteiger partial charge in [0, 0.05) is 36.5 Å². The minimum Gasteiger partial charge on any atom is -0.606 e. The molecule has 4 atom stereocenters. The number of sulfone groups is 1. The molecule has 39 heavy (non-hydrogen) atoms. The van der Waals surface area contributed by atoms with Gasteiger partial charge in [-0.15, -0.1) is 0 Å². The fraction of sp³-hybridized carbons (Fsp3) is 0.269. The fourth-order valence-electron chi connectivity index (χ4n) is 4.54. The van der Waals surface area contributed by atoms with Gasteiger partial charge in [-0.05, 0) is 55.0 Å². The Balaban J connectivity index is 1.54. The first-order valence-electron chi connectivity index (χ1n) is 12.1. The second-order valence-electron chi connectivity index (χ2n) is 9.37. The second kappa shape index (κ2) is 11.6. The standard InChI is InChI=1S/C26H30FN5O6S/c1-16(33)28-19-14-25(31(15-19)26(35)29-18-8-10-20(34)11-9-18)32(36)30-23-12-7-17(13-22(23)27)21-5-3-4-6-24(21)39(2,37)38/h3-13,16,19,25,28,30,32-34H,14-15H2,1-2H3,(H,29,35)/t16?,19-,25+/m1/s1. The molecule has 3 aromatic carbocycles. The number of hydrogen-bond acceptors (Lipinski definition) is 8. The summed E-state index contributed by atoms with van der Waals surface area (Å²) in [6.07, 6.45) is -0.620. The van der Waals surface area contributed by atoms with Gasteiger partial charge in [0.15, 0.2) is 21.8 Å². The van der Waals surface area contributed by atoms with Crippen LogP contribution in [0.3, 0.4) is 0 Å². The predicted octanol–water partition coefficient (Wildman–Crippen LogP) is 1.87. The summed E-state index contributed by atoms with van der Waals surface area (Å²) in [4.78, 5) is 14.4. The first-order chi connectivity index (χ1) is 18.4. The molecular weight excluding hydrogens is 529 g/mol. The van der Waals surface area contributed by atoms with Crippen molar-refractivity contribution in [2.45, 2.75) is 36.7 Å². The van der Waals surface area contributed by atoms with E-state index >= 15 is 4.39 Å². The van der Waals surface area contributed by atoms with Gasteiger partial charge in [0.25, 0.3) is 0 Å². The molecule has 0 aromatic heterocycles. The molecule has 208 valence electrons. The SMILES string of the molecule is CC(O)N[C@@H]1C[C@H]([NH+]([O-])Nc2ccc(-c3ccccc3S(C)(=O)=O)cc2F)N(C(=O)Nc2ccc(O)cc2)C1. The maximum absolute atomic E-state index is 15.1. The minimum atomic E-state index is -3.56. The number of likely N-dealkylation sites (tertiary alicyclic amines) is 1. The Morgan fingerprint density at radius 1 is 1.15 bits per heavy atom. The zero-order valence-electron chi connectivity index (χ0n) is 21.3. The van der Waals surface area contributed by atoms with Crippen molar-refractivity contribution in [1.29, 1.82) is 0 Å². The number of nitrogens with zero attached hydrogens (tertiary/aromatic N) is 1. The quantitative estimate of drug-likeness (QED) is 0.139. The van der Waals surface area contributed by atoms with E-state index in [1.807, 2.05) is 0 Å². The van der Waals surface area contributed by atoms with Crippen molar-refractivity contribution in [2.24, 2.45) is 0 Å². The molecule has 0 saturated carbocycles. The summed E-state index contributed by atoms with van der Waals surface area (Å²) in [6, 6.07) is 15.1. The molecule has 1 saturated heterocycles. The number of aromatic hydroxyl groups is 1. The van der Waals surface area contributed by atoms with E-state index in [9.17, 15) is 28.6 Å². The van der Waals surface area contributed by atoms with Crippen molar-refractivity contribution in [2.75, 3.05) is 23.5 Å². The molecule has 6 N–H and O–H groups in total. The number of halogens is 1. The summed E-state index contributed by atoms with van der Waals surface area (Å²) >= 11 is 0. The van der Waals surface area contributed by atoms with Gasteiger partial charge >= 0.3 is 6.03 Å². The van der Waals surface area contributed by atoms with Crippen LogP contribution >= 0.6 is 0 Å². The van der Waals surface area contributed by atoms with Gasteiger partial charge in [0.1, 0.15) is 17.7 Å². The van der Waals surface area contributed by atoms with E-state index in [0.717, 1.165) is 12.3 Å². The molecule has 1 heterocycles. The lowest BCUT2D eigenvalue weighted by atomic mass is 10.1. The monoisotopic (exact) mass is 559 g/mol. The first-order valence-corrected chi connectivity index (χ1v) is 14.0. The average molecular weight is 560 g/mol. The summed E-state index contributed by atoms with van der Waals surface area (Å²) in [6.45, 7) is 1.63. The summed E-state index contributed by atoms with van der Waals surface area (Å²) in [5.74, 6) is -0.749. The topological polar surface area (TPSA) is 158 Å². The maximum atomic E-state index is 15.1. The lowest BCUT2D eigenvalue weighted by Gasteiger charge is -2.34. The summed E-state index contributed by atoms with van der Waals surface area (Å²) in [5, 5.41) is 37.4. The van der Waals surface area contributed by atoms with Gasteiger partial charge in [-0.2, -0.15) is 0 Å². The Labute approximate surface area is 225 Å². The fourth-order valence-corrected chi connectivity index (χ4v) is 5.45. The molecule has 4 rings (SSSR count). The number of carbonyl (C=O) groups is 1. The number of hydroxylamine groups is 1. The van der Waals surface area contributed by atoms with Crippen molar-refractivity contribution in [3.8, 4) is 16.9 Å². The van der Waals surface area contributed by atoms with Crippen LogP contribution in [0.4, 0.5) is 20.6 Å². The van der Waals surface area contributed by atoms with E-state index in [4.69, 9.17) is 0 Å². The van der Waals surface area contributed by atoms with Gasteiger partial charge in [-0.3, -0.25) is 15.4 Å². The number of carbonyl (C=O) groups excluding carboxylic acids is 1. The van der Waals surface area contributed by atoms with Crippen molar-refractivity contribution in [3.05, 3.63) is 77.8 Å². The Bertz CT molecular complexity index is 1440. The molecule has 2 amide bonds. The van der Waals surface area contributed by atoms with E-state index < -0.39 is 45.3 Å². The second-order valence-corrected chi connectivity index (χ2v) is 11.4. The highest BCUT2D eigenvalue weighted by atomic mass is 32.2. The summed E-state index contributed by atoms with van der Waals surface area (Å²) < 4.78 is 39.4. The van der Waals surface area contributed by atoms with Gasteiger partial charge < -0.3 is 20.7 Å². The first kappa shape index (κ1) is 28.3. The highest BCUT2D eigenvalue weighted by molar-refractivity contribution is 7.90. The maximum Gasteiger partial charge on any atom is 0.326 e. The highest BCUT2D eigenvalue weighted by Gasteiger charge is 2.40. The van der Waals surface area contributed by atoms with Gasteiger partial charge in [-0.25, -0.2) is 23.0 Å². The molecule has 0 radical (unpaired) electrons. The zero-order valence-corrected chi connectivity index (χ0v) is 22.1.